The van der Waals surface area contributed by atoms with Gasteiger partial charge in [0, 0.05) is 12.3 Å². The zero-order chi connectivity index (χ0) is 16.4. The molecule has 0 spiro atoms. The van der Waals surface area contributed by atoms with Crippen LogP contribution in [0.2, 0.25) is 0 Å². The van der Waals surface area contributed by atoms with Crippen LogP contribution in [-0.4, -0.2) is 14.5 Å². The van der Waals surface area contributed by atoms with E-state index in [-0.39, 0.29) is 5.82 Å². The van der Waals surface area contributed by atoms with E-state index in [1.54, 1.807) is 12.3 Å². The SMILES string of the molecule is Fc1ccc2c(c1)nc(/C=C/c1ccccc1)n2-c1ccccn1. The van der Waals surface area contributed by atoms with E-state index in [0.717, 1.165) is 16.9 Å². The van der Waals surface area contributed by atoms with Crippen LogP contribution in [0.3, 0.4) is 0 Å². The summed E-state index contributed by atoms with van der Waals surface area (Å²) in [5, 5.41) is 0. The highest BCUT2D eigenvalue weighted by atomic mass is 19.1. The molecule has 0 radical (unpaired) electrons. The van der Waals surface area contributed by atoms with Gasteiger partial charge in [-0.1, -0.05) is 42.5 Å². The minimum atomic E-state index is -0.299. The fourth-order valence-corrected chi connectivity index (χ4v) is 2.65. The molecule has 0 aliphatic heterocycles. The Bertz CT molecular complexity index is 1010. The number of hydrogen-bond acceptors (Lipinski definition) is 2. The van der Waals surface area contributed by atoms with Gasteiger partial charge in [-0.2, -0.15) is 0 Å². The van der Waals surface area contributed by atoms with Crippen LogP contribution in [0.25, 0.3) is 29.0 Å². The van der Waals surface area contributed by atoms with Gasteiger partial charge in [0.25, 0.3) is 0 Å². The van der Waals surface area contributed by atoms with E-state index in [9.17, 15) is 4.39 Å². The molecule has 2 aromatic heterocycles. The second-order valence-electron chi connectivity index (χ2n) is 5.37. The monoisotopic (exact) mass is 315 g/mol. The third-order valence-corrected chi connectivity index (χ3v) is 3.75. The average molecular weight is 315 g/mol. The number of hydrogen-bond donors (Lipinski definition) is 0. The minimum absolute atomic E-state index is 0.299. The van der Waals surface area contributed by atoms with Crippen molar-refractivity contribution in [1.29, 1.82) is 0 Å². The third-order valence-electron chi connectivity index (χ3n) is 3.75. The molecule has 0 unspecified atom stereocenters. The summed E-state index contributed by atoms with van der Waals surface area (Å²) in [5.41, 5.74) is 2.50. The lowest BCUT2D eigenvalue weighted by molar-refractivity contribution is 0.629. The molecule has 0 fully saturated rings. The predicted octanol–water partition coefficient (Wildman–Crippen LogP) is 4.73. The number of rotatable bonds is 3. The molecule has 0 amide bonds. The number of fused-ring (bicyclic) bond motifs is 1. The van der Waals surface area contributed by atoms with Crippen LogP contribution in [0.4, 0.5) is 4.39 Å². The maximum atomic E-state index is 13.5. The van der Waals surface area contributed by atoms with Crippen molar-refractivity contribution in [3.63, 3.8) is 0 Å². The van der Waals surface area contributed by atoms with Crippen molar-refractivity contribution in [2.75, 3.05) is 0 Å². The summed E-state index contributed by atoms with van der Waals surface area (Å²) in [4.78, 5) is 8.97. The molecule has 116 valence electrons. The fourth-order valence-electron chi connectivity index (χ4n) is 2.65. The Hall–Kier alpha value is -3.27. The lowest BCUT2D eigenvalue weighted by Crippen LogP contribution is -1.99. The second kappa shape index (κ2) is 6.08. The number of halogens is 1. The standard InChI is InChI=1S/C20H14FN3/c21-16-10-11-18-17(14-16)23-20(12-9-15-6-2-1-3-7-15)24(18)19-8-4-5-13-22-19/h1-14H/b12-9+. The van der Waals surface area contributed by atoms with Gasteiger partial charge in [0.05, 0.1) is 11.0 Å². The smallest absolute Gasteiger partial charge is 0.139 e. The number of pyridine rings is 1. The van der Waals surface area contributed by atoms with Crippen molar-refractivity contribution in [1.82, 2.24) is 14.5 Å². The topological polar surface area (TPSA) is 30.7 Å². The lowest BCUT2D eigenvalue weighted by Gasteiger charge is -2.05. The lowest BCUT2D eigenvalue weighted by atomic mass is 10.2. The summed E-state index contributed by atoms with van der Waals surface area (Å²) >= 11 is 0. The molecule has 24 heavy (non-hydrogen) atoms. The Kier molecular flexibility index (Phi) is 3.63. The van der Waals surface area contributed by atoms with E-state index in [0.29, 0.717) is 11.3 Å². The predicted molar refractivity (Wildman–Crippen MR) is 94.2 cm³/mol. The van der Waals surface area contributed by atoms with Gasteiger partial charge >= 0.3 is 0 Å². The molecule has 3 nitrogen and oxygen atoms in total. The Morgan fingerprint density at radius 2 is 1.71 bits per heavy atom. The van der Waals surface area contributed by atoms with Crippen molar-refractivity contribution in [3.8, 4) is 5.82 Å². The first-order valence-corrected chi connectivity index (χ1v) is 7.64. The highest BCUT2D eigenvalue weighted by Crippen LogP contribution is 2.22. The van der Waals surface area contributed by atoms with Gasteiger partial charge in [0.15, 0.2) is 0 Å². The van der Waals surface area contributed by atoms with Gasteiger partial charge in [-0.15, -0.1) is 0 Å². The number of aromatic nitrogens is 3. The highest BCUT2D eigenvalue weighted by molar-refractivity contribution is 5.81. The zero-order valence-electron chi connectivity index (χ0n) is 12.8. The average Bonchev–Trinajstić information content (AvgIpc) is 2.99. The number of nitrogens with zero attached hydrogens (tertiary/aromatic N) is 3. The molecule has 2 heterocycles. The van der Waals surface area contributed by atoms with Crippen molar-refractivity contribution < 1.29 is 4.39 Å². The van der Waals surface area contributed by atoms with Crippen molar-refractivity contribution >= 4 is 23.2 Å². The van der Waals surface area contributed by atoms with Crippen LogP contribution in [-0.2, 0) is 0 Å². The van der Waals surface area contributed by atoms with Gasteiger partial charge in [-0.3, -0.25) is 4.57 Å². The Labute approximate surface area is 138 Å². The second-order valence-corrected chi connectivity index (χ2v) is 5.37. The van der Waals surface area contributed by atoms with Gasteiger partial charge < -0.3 is 0 Å². The first kappa shape index (κ1) is 14.3. The summed E-state index contributed by atoms with van der Waals surface area (Å²) in [7, 11) is 0. The zero-order valence-corrected chi connectivity index (χ0v) is 12.8. The Balaban J connectivity index is 1.89. The number of imidazole rings is 1. The summed E-state index contributed by atoms with van der Waals surface area (Å²) < 4.78 is 15.5. The van der Waals surface area contributed by atoms with Crippen molar-refractivity contribution in [3.05, 3.63) is 90.1 Å². The van der Waals surface area contributed by atoms with Crippen molar-refractivity contribution in [2.45, 2.75) is 0 Å². The molecule has 0 aliphatic rings. The molecule has 0 bridgehead atoms. The molecule has 4 aromatic rings. The molecule has 0 aliphatic carbocycles. The molecular weight excluding hydrogens is 301 g/mol. The van der Waals surface area contributed by atoms with Gasteiger partial charge in [-0.05, 0) is 35.9 Å². The van der Waals surface area contributed by atoms with E-state index < -0.39 is 0 Å². The fraction of sp³-hybridized carbons (Fsp3) is 0. The van der Waals surface area contributed by atoms with Crippen LogP contribution in [0.5, 0.6) is 0 Å². The van der Waals surface area contributed by atoms with Crippen molar-refractivity contribution in [2.24, 2.45) is 0 Å². The molecule has 0 atom stereocenters. The summed E-state index contributed by atoms with van der Waals surface area (Å²) in [5.74, 6) is 1.16. The normalized spacial score (nSPS) is 11.4. The summed E-state index contributed by atoms with van der Waals surface area (Å²) in [6.45, 7) is 0. The molecule has 4 rings (SSSR count). The van der Waals surface area contributed by atoms with Crippen LogP contribution in [0.1, 0.15) is 11.4 Å². The molecule has 0 N–H and O–H groups in total. The van der Waals surface area contributed by atoms with E-state index in [2.05, 4.69) is 9.97 Å². The summed E-state index contributed by atoms with van der Waals surface area (Å²) in [6.07, 6.45) is 5.63. The maximum Gasteiger partial charge on any atom is 0.139 e. The molecule has 2 aromatic carbocycles. The molecule has 4 heteroatoms. The van der Waals surface area contributed by atoms with E-state index in [1.165, 1.54) is 12.1 Å². The van der Waals surface area contributed by atoms with Gasteiger partial charge in [0.1, 0.15) is 17.5 Å². The quantitative estimate of drug-likeness (QED) is 0.547. The molecule has 0 saturated carbocycles. The van der Waals surface area contributed by atoms with Crippen LogP contribution >= 0.6 is 0 Å². The maximum absolute atomic E-state index is 13.5. The highest BCUT2D eigenvalue weighted by Gasteiger charge is 2.11. The van der Waals surface area contributed by atoms with Gasteiger partial charge in [-0.25, -0.2) is 14.4 Å². The van der Waals surface area contributed by atoms with Crippen LogP contribution in [0.15, 0.2) is 72.9 Å². The first-order chi connectivity index (χ1) is 11.8. The minimum Gasteiger partial charge on any atom is -0.277 e. The molecular formula is C20H14FN3. The van der Waals surface area contributed by atoms with E-state index >= 15 is 0 Å². The number of benzene rings is 2. The summed E-state index contributed by atoms with van der Waals surface area (Å²) in [6, 6.07) is 20.3. The Morgan fingerprint density at radius 1 is 0.875 bits per heavy atom. The molecule has 0 saturated heterocycles. The van der Waals surface area contributed by atoms with Crippen LogP contribution in [0, 0.1) is 5.82 Å². The first-order valence-electron chi connectivity index (χ1n) is 7.64. The van der Waals surface area contributed by atoms with Crippen LogP contribution < -0.4 is 0 Å². The van der Waals surface area contributed by atoms with E-state index in [1.807, 2.05) is 65.3 Å². The largest absolute Gasteiger partial charge is 0.277 e. The third kappa shape index (κ3) is 2.70. The Morgan fingerprint density at radius 3 is 2.50 bits per heavy atom. The van der Waals surface area contributed by atoms with E-state index in [4.69, 9.17) is 0 Å². The van der Waals surface area contributed by atoms with Gasteiger partial charge in [0.2, 0.25) is 0 Å².